The number of nitrogens with zero attached hydrogens (tertiary/aromatic N) is 2. The van der Waals surface area contributed by atoms with Crippen molar-refractivity contribution in [2.45, 2.75) is 19.8 Å². The number of carbonyl (C=O) groups is 1. The molecule has 0 fully saturated rings. The van der Waals surface area contributed by atoms with E-state index in [9.17, 15) is 9.90 Å². The van der Waals surface area contributed by atoms with E-state index < -0.39 is 5.97 Å². The van der Waals surface area contributed by atoms with Crippen LogP contribution in [0.2, 0.25) is 0 Å². The van der Waals surface area contributed by atoms with E-state index in [0.717, 1.165) is 38.9 Å². The largest absolute Gasteiger partial charge is 0.477 e. The molecule has 0 radical (unpaired) electrons. The fraction of sp³-hybridized carbons (Fsp3) is 0.200. The van der Waals surface area contributed by atoms with Crippen LogP contribution in [0.1, 0.15) is 28.7 Å². The topological polar surface area (TPSA) is 55.1 Å². The molecule has 0 amide bonds. The van der Waals surface area contributed by atoms with Crippen molar-refractivity contribution >= 4 is 43.5 Å². The molecular weight excluding hydrogens is 352 g/mol. The summed E-state index contributed by atoms with van der Waals surface area (Å²) in [5, 5.41) is 14.8. The van der Waals surface area contributed by atoms with E-state index >= 15 is 0 Å². The van der Waals surface area contributed by atoms with Gasteiger partial charge in [0, 0.05) is 9.86 Å². The fourth-order valence-electron chi connectivity index (χ4n) is 2.28. The van der Waals surface area contributed by atoms with Crippen LogP contribution in [-0.2, 0) is 6.42 Å². The van der Waals surface area contributed by atoms with Crippen LogP contribution in [0.4, 0.5) is 0 Å². The lowest BCUT2D eigenvalue weighted by Gasteiger charge is -2.02. The zero-order valence-corrected chi connectivity index (χ0v) is 13.7. The molecule has 3 aromatic rings. The van der Waals surface area contributed by atoms with Crippen LogP contribution in [0.25, 0.3) is 15.9 Å². The van der Waals surface area contributed by atoms with Crippen molar-refractivity contribution in [3.8, 4) is 5.69 Å². The van der Waals surface area contributed by atoms with Gasteiger partial charge in [0.2, 0.25) is 0 Å². The summed E-state index contributed by atoms with van der Waals surface area (Å²) in [4.78, 5) is 12.4. The molecule has 6 heteroatoms. The normalized spacial score (nSPS) is 11.1. The number of rotatable bonds is 4. The zero-order chi connectivity index (χ0) is 15.0. The maximum absolute atomic E-state index is 11.2. The molecule has 21 heavy (non-hydrogen) atoms. The Balaban J connectivity index is 2.24. The molecule has 1 N–H and O–H groups in total. The molecule has 0 aliphatic carbocycles. The number of aryl methyl sites for hydroxylation is 1. The van der Waals surface area contributed by atoms with Crippen LogP contribution in [0.3, 0.4) is 0 Å². The van der Waals surface area contributed by atoms with Gasteiger partial charge >= 0.3 is 5.97 Å². The van der Waals surface area contributed by atoms with Crippen molar-refractivity contribution < 1.29 is 9.90 Å². The van der Waals surface area contributed by atoms with Gasteiger partial charge in [-0.15, -0.1) is 11.3 Å². The molecule has 0 unspecified atom stereocenters. The maximum atomic E-state index is 11.2. The number of carboxylic acids is 1. The summed E-state index contributed by atoms with van der Waals surface area (Å²) >= 11 is 4.72. The second kappa shape index (κ2) is 5.61. The predicted molar refractivity (Wildman–Crippen MR) is 87.6 cm³/mol. The van der Waals surface area contributed by atoms with Crippen molar-refractivity contribution in [2.24, 2.45) is 0 Å². The van der Waals surface area contributed by atoms with Crippen molar-refractivity contribution in [2.75, 3.05) is 0 Å². The van der Waals surface area contributed by atoms with Crippen LogP contribution in [0.15, 0.2) is 34.8 Å². The Morgan fingerprint density at radius 2 is 2.24 bits per heavy atom. The first kappa shape index (κ1) is 14.3. The number of fused-ring (bicyclic) bond motifs is 1. The van der Waals surface area contributed by atoms with Gasteiger partial charge in [-0.2, -0.15) is 5.10 Å². The minimum absolute atomic E-state index is 0.350. The second-order valence-corrected chi connectivity index (χ2v) is 6.67. The van der Waals surface area contributed by atoms with Crippen molar-refractivity contribution in [3.05, 3.63) is 45.4 Å². The van der Waals surface area contributed by atoms with E-state index in [2.05, 4.69) is 28.0 Å². The molecule has 4 nitrogen and oxygen atoms in total. The lowest BCUT2D eigenvalue weighted by molar-refractivity contribution is 0.0702. The Bertz CT molecular complexity index is 822. The molecule has 108 valence electrons. The first-order valence-corrected chi connectivity index (χ1v) is 8.21. The van der Waals surface area contributed by atoms with Gasteiger partial charge in [-0.3, -0.25) is 0 Å². The van der Waals surface area contributed by atoms with Crippen molar-refractivity contribution in [1.82, 2.24) is 9.78 Å². The van der Waals surface area contributed by atoms with Gasteiger partial charge in [0.25, 0.3) is 0 Å². The number of halogens is 1. The van der Waals surface area contributed by atoms with Gasteiger partial charge in [-0.25, -0.2) is 9.48 Å². The number of thiophene rings is 1. The van der Waals surface area contributed by atoms with E-state index in [4.69, 9.17) is 0 Å². The molecule has 0 bridgehead atoms. The number of aromatic nitrogens is 2. The third kappa shape index (κ3) is 2.61. The second-order valence-electron chi connectivity index (χ2n) is 4.72. The molecule has 0 atom stereocenters. The molecule has 3 rings (SSSR count). The lowest BCUT2D eigenvalue weighted by atomic mass is 10.2. The van der Waals surface area contributed by atoms with Gasteiger partial charge in [0.05, 0.1) is 11.4 Å². The highest BCUT2D eigenvalue weighted by Gasteiger charge is 2.18. The van der Waals surface area contributed by atoms with Gasteiger partial charge in [-0.05, 0) is 30.7 Å². The summed E-state index contributed by atoms with van der Waals surface area (Å²) in [7, 11) is 0. The Morgan fingerprint density at radius 1 is 1.43 bits per heavy atom. The minimum Gasteiger partial charge on any atom is -0.477 e. The van der Waals surface area contributed by atoms with Gasteiger partial charge in [0.15, 0.2) is 0 Å². The standard InChI is InChI=1S/C15H13BrN2O2S/c1-2-4-12-11-8-13(15(19)20)21-14(11)18(17-12)10-6-3-5-9(16)7-10/h3,5-8H,2,4H2,1H3,(H,19,20). The summed E-state index contributed by atoms with van der Waals surface area (Å²) in [6, 6.07) is 9.57. The predicted octanol–water partition coefficient (Wildman–Crippen LogP) is 4.50. The average Bonchev–Trinajstić information content (AvgIpc) is 3.00. The SMILES string of the molecule is CCCc1nn(-c2cccc(Br)c2)c2sc(C(=O)O)cc12. The maximum Gasteiger partial charge on any atom is 0.345 e. The zero-order valence-electron chi connectivity index (χ0n) is 11.3. The van der Waals surface area contributed by atoms with Gasteiger partial charge in [0.1, 0.15) is 9.71 Å². The molecule has 1 aromatic carbocycles. The fourth-order valence-corrected chi connectivity index (χ4v) is 3.65. The molecule has 0 saturated heterocycles. The highest BCUT2D eigenvalue weighted by molar-refractivity contribution is 9.10. The Morgan fingerprint density at radius 3 is 2.90 bits per heavy atom. The average molecular weight is 365 g/mol. The molecule has 0 spiro atoms. The van der Waals surface area contributed by atoms with Crippen LogP contribution >= 0.6 is 27.3 Å². The summed E-state index contributed by atoms with van der Waals surface area (Å²) in [5.74, 6) is -0.889. The molecule has 2 heterocycles. The smallest absolute Gasteiger partial charge is 0.345 e. The molecule has 2 aromatic heterocycles. The minimum atomic E-state index is -0.889. The lowest BCUT2D eigenvalue weighted by Crippen LogP contribution is -1.97. The summed E-state index contributed by atoms with van der Waals surface area (Å²) < 4.78 is 2.80. The number of hydrogen-bond donors (Lipinski definition) is 1. The van der Waals surface area contributed by atoms with E-state index in [1.54, 1.807) is 6.07 Å². The first-order valence-electron chi connectivity index (χ1n) is 6.61. The third-order valence-electron chi connectivity index (χ3n) is 3.19. The highest BCUT2D eigenvalue weighted by atomic mass is 79.9. The van der Waals surface area contributed by atoms with E-state index in [1.165, 1.54) is 11.3 Å². The number of hydrogen-bond acceptors (Lipinski definition) is 3. The third-order valence-corrected chi connectivity index (χ3v) is 4.78. The number of carboxylic acid groups (broad SMARTS) is 1. The van der Waals surface area contributed by atoms with E-state index in [1.807, 2.05) is 28.9 Å². The van der Waals surface area contributed by atoms with Gasteiger partial charge in [-0.1, -0.05) is 35.3 Å². The van der Waals surface area contributed by atoms with Crippen LogP contribution in [-0.4, -0.2) is 20.9 Å². The van der Waals surface area contributed by atoms with E-state index in [-0.39, 0.29) is 0 Å². The highest BCUT2D eigenvalue weighted by Crippen LogP contribution is 2.31. The first-order chi connectivity index (χ1) is 10.1. The molecule has 0 aliphatic heterocycles. The summed E-state index contributed by atoms with van der Waals surface area (Å²) in [6.45, 7) is 2.09. The number of benzene rings is 1. The Hall–Kier alpha value is -1.66. The Labute approximate surface area is 134 Å². The molecular formula is C15H13BrN2O2S. The van der Waals surface area contributed by atoms with Crippen LogP contribution < -0.4 is 0 Å². The van der Waals surface area contributed by atoms with Crippen molar-refractivity contribution in [3.63, 3.8) is 0 Å². The monoisotopic (exact) mass is 364 g/mol. The number of aromatic carboxylic acids is 1. The van der Waals surface area contributed by atoms with Crippen molar-refractivity contribution in [1.29, 1.82) is 0 Å². The van der Waals surface area contributed by atoms with E-state index in [0.29, 0.717) is 4.88 Å². The van der Waals surface area contributed by atoms with Crippen LogP contribution in [0, 0.1) is 0 Å². The molecule has 0 saturated carbocycles. The molecule has 0 aliphatic rings. The quantitative estimate of drug-likeness (QED) is 0.741. The summed E-state index contributed by atoms with van der Waals surface area (Å²) in [6.07, 6.45) is 1.82. The Kier molecular flexibility index (Phi) is 3.82. The van der Waals surface area contributed by atoms with Gasteiger partial charge < -0.3 is 5.11 Å². The van der Waals surface area contributed by atoms with Crippen LogP contribution in [0.5, 0.6) is 0 Å². The summed E-state index contributed by atoms with van der Waals surface area (Å²) in [5.41, 5.74) is 1.88.